The molecular formula is C15H28N2O3. The van der Waals surface area contributed by atoms with Crippen molar-refractivity contribution in [1.82, 2.24) is 9.80 Å². The maximum Gasteiger partial charge on any atom is 0.323 e. The van der Waals surface area contributed by atoms with Crippen molar-refractivity contribution in [2.24, 2.45) is 5.41 Å². The van der Waals surface area contributed by atoms with Crippen LogP contribution in [0.5, 0.6) is 0 Å². The summed E-state index contributed by atoms with van der Waals surface area (Å²) in [6.07, 6.45) is 0.544. The zero-order valence-corrected chi connectivity index (χ0v) is 13.1. The molecule has 3 atom stereocenters. The first-order valence-corrected chi connectivity index (χ1v) is 7.62. The third-order valence-electron chi connectivity index (χ3n) is 4.42. The number of ether oxygens (including phenoxy) is 1. The van der Waals surface area contributed by atoms with E-state index in [1.54, 1.807) is 0 Å². The Morgan fingerprint density at radius 3 is 2.35 bits per heavy atom. The molecule has 0 radical (unpaired) electrons. The van der Waals surface area contributed by atoms with Crippen molar-refractivity contribution in [3.63, 3.8) is 0 Å². The van der Waals surface area contributed by atoms with Crippen molar-refractivity contribution in [3.05, 3.63) is 0 Å². The largest absolute Gasteiger partial charge is 0.461 e. The SMILES string of the molecule is C[C@@H]1C[C@@H](N2CCN(C[C@H](O)C(C)(C)C)CC2)C(=O)O1. The van der Waals surface area contributed by atoms with Crippen LogP contribution in [0.15, 0.2) is 0 Å². The van der Waals surface area contributed by atoms with E-state index in [0.29, 0.717) is 6.54 Å². The van der Waals surface area contributed by atoms with Crippen molar-refractivity contribution in [2.75, 3.05) is 32.7 Å². The molecule has 0 aromatic heterocycles. The lowest BCUT2D eigenvalue weighted by Crippen LogP contribution is -2.53. The molecule has 0 spiro atoms. The Morgan fingerprint density at radius 2 is 1.90 bits per heavy atom. The molecule has 0 aromatic rings. The number of carbonyl (C=O) groups is 1. The molecule has 116 valence electrons. The summed E-state index contributed by atoms with van der Waals surface area (Å²) in [5.74, 6) is -0.0688. The fraction of sp³-hybridized carbons (Fsp3) is 0.933. The summed E-state index contributed by atoms with van der Waals surface area (Å²) < 4.78 is 5.23. The molecule has 0 unspecified atom stereocenters. The maximum atomic E-state index is 11.8. The second-order valence-corrected chi connectivity index (χ2v) is 7.22. The Balaban J connectivity index is 1.79. The summed E-state index contributed by atoms with van der Waals surface area (Å²) in [7, 11) is 0. The van der Waals surface area contributed by atoms with Gasteiger partial charge >= 0.3 is 5.97 Å². The Kier molecular flexibility index (Phi) is 4.72. The molecule has 2 aliphatic rings. The second kappa shape index (κ2) is 6.00. The lowest BCUT2D eigenvalue weighted by molar-refractivity contribution is -0.145. The predicted molar refractivity (Wildman–Crippen MR) is 77.4 cm³/mol. The molecule has 2 rings (SSSR count). The van der Waals surface area contributed by atoms with E-state index >= 15 is 0 Å². The number of aliphatic hydroxyl groups is 1. The molecule has 0 aliphatic carbocycles. The van der Waals surface area contributed by atoms with Gasteiger partial charge in [-0.2, -0.15) is 0 Å². The Hall–Kier alpha value is -0.650. The number of hydrogen-bond acceptors (Lipinski definition) is 5. The van der Waals surface area contributed by atoms with Gasteiger partial charge in [-0.05, 0) is 12.3 Å². The summed E-state index contributed by atoms with van der Waals surface area (Å²) in [6, 6.07) is -0.0558. The highest BCUT2D eigenvalue weighted by Gasteiger charge is 2.38. The molecule has 2 aliphatic heterocycles. The molecular weight excluding hydrogens is 256 g/mol. The lowest BCUT2D eigenvalue weighted by atomic mass is 9.89. The Bertz CT molecular complexity index is 346. The number of rotatable bonds is 3. The quantitative estimate of drug-likeness (QED) is 0.774. The number of hydrogen-bond donors (Lipinski definition) is 1. The van der Waals surface area contributed by atoms with Crippen molar-refractivity contribution in [1.29, 1.82) is 0 Å². The third-order valence-corrected chi connectivity index (χ3v) is 4.42. The molecule has 2 heterocycles. The molecule has 0 bridgehead atoms. The number of esters is 1. The number of nitrogens with zero attached hydrogens (tertiary/aromatic N) is 2. The minimum Gasteiger partial charge on any atom is -0.461 e. The number of β-amino-alcohol motifs (C(OH)–C–C–N with tert-alkyl or cyclic N) is 1. The third kappa shape index (κ3) is 3.71. The van der Waals surface area contributed by atoms with Gasteiger partial charge in [0.2, 0.25) is 0 Å². The van der Waals surface area contributed by atoms with Gasteiger partial charge in [0.15, 0.2) is 0 Å². The van der Waals surface area contributed by atoms with Gasteiger partial charge < -0.3 is 9.84 Å². The normalized spacial score (nSPS) is 31.4. The van der Waals surface area contributed by atoms with Gasteiger partial charge in [0.1, 0.15) is 12.1 Å². The number of aliphatic hydroxyl groups excluding tert-OH is 1. The molecule has 20 heavy (non-hydrogen) atoms. The van der Waals surface area contributed by atoms with E-state index in [0.717, 1.165) is 32.6 Å². The van der Waals surface area contributed by atoms with Crippen LogP contribution in [0.1, 0.15) is 34.1 Å². The number of piperazine rings is 1. The summed E-state index contributed by atoms with van der Waals surface area (Å²) >= 11 is 0. The van der Waals surface area contributed by atoms with Crippen molar-refractivity contribution >= 4 is 5.97 Å². The van der Waals surface area contributed by atoms with Crippen LogP contribution in [0.4, 0.5) is 0 Å². The smallest absolute Gasteiger partial charge is 0.323 e. The van der Waals surface area contributed by atoms with Crippen LogP contribution in [-0.2, 0) is 9.53 Å². The zero-order valence-electron chi connectivity index (χ0n) is 13.1. The molecule has 0 amide bonds. The standard InChI is InChI=1S/C15H28N2O3/c1-11-9-12(14(19)20-11)17-7-5-16(6-8-17)10-13(18)15(2,3)4/h11-13,18H,5-10H2,1-4H3/t11-,12-,13+/m1/s1. The van der Waals surface area contributed by atoms with E-state index in [2.05, 4.69) is 30.6 Å². The van der Waals surface area contributed by atoms with Gasteiger partial charge in [0, 0.05) is 39.1 Å². The van der Waals surface area contributed by atoms with E-state index in [1.165, 1.54) is 0 Å². The molecule has 5 heteroatoms. The van der Waals surface area contributed by atoms with Gasteiger partial charge in [0.25, 0.3) is 0 Å². The van der Waals surface area contributed by atoms with Crippen LogP contribution in [0.25, 0.3) is 0 Å². The van der Waals surface area contributed by atoms with Crippen LogP contribution < -0.4 is 0 Å². The van der Waals surface area contributed by atoms with Crippen LogP contribution in [0, 0.1) is 5.41 Å². The fourth-order valence-corrected chi connectivity index (χ4v) is 2.81. The minimum absolute atomic E-state index is 0.0493. The molecule has 2 saturated heterocycles. The second-order valence-electron chi connectivity index (χ2n) is 7.22. The summed E-state index contributed by atoms with van der Waals surface area (Å²) in [5, 5.41) is 10.2. The average Bonchev–Trinajstić information content (AvgIpc) is 2.68. The van der Waals surface area contributed by atoms with Crippen molar-refractivity contribution in [2.45, 2.75) is 52.4 Å². The minimum atomic E-state index is -0.314. The highest BCUT2D eigenvalue weighted by atomic mass is 16.6. The van der Waals surface area contributed by atoms with Crippen LogP contribution >= 0.6 is 0 Å². The molecule has 0 saturated carbocycles. The first kappa shape index (κ1) is 15.7. The van der Waals surface area contributed by atoms with Crippen molar-refractivity contribution < 1.29 is 14.6 Å². The highest BCUT2D eigenvalue weighted by Crippen LogP contribution is 2.23. The maximum absolute atomic E-state index is 11.8. The van der Waals surface area contributed by atoms with Gasteiger partial charge in [-0.3, -0.25) is 14.6 Å². The van der Waals surface area contributed by atoms with E-state index in [1.807, 2.05) is 6.92 Å². The monoisotopic (exact) mass is 284 g/mol. The van der Waals surface area contributed by atoms with Gasteiger partial charge in [-0.15, -0.1) is 0 Å². The summed E-state index contributed by atoms with van der Waals surface area (Å²) in [5.41, 5.74) is -0.0815. The topological polar surface area (TPSA) is 53.0 Å². The zero-order chi connectivity index (χ0) is 14.9. The van der Waals surface area contributed by atoms with Crippen molar-refractivity contribution in [3.8, 4) is 0 Å². The number of cyclic esters (lactones) is 1. The van der Waals surface area contributed by atoms with E-state index in [4.69, 9.17) is 4.74 Å². The van der Waals surface area contributed by atoms with Gasteiger partial charge in [-0.25, -0.2) is 0 Å². The summed E-state index contributed by atoms with van der Waals surface area (Å²) in [4.78, 5) is 16.3. The van der Waals surface area contributed by atoms with E-state index in [9.17, 15) is 9.90 Å². The van der Waals surface area contributed by atoms with Gasteiger partial charge in [0.05, 0.1) is 6.10 Å². The van der Waals surface area contributed by atoms with Crippen LogP contribution in [0.2, 0.25) is 0 Å². The number of carbonyl (C=O) groups excluding carboxylic acids is 1. The molecule has 5 nitrogen and oxygen atoms in total. The fourth-order valence-electron chi connectivity index (χ4n) is 2.81. The molecule has 2 fully saturated rings. The lowest BCUT2D eigenvalue weighted by Gasteiger charge is -2.39. The van der Waals surface area contributed by atoms with Crippen LogP contribution in [-0.4, -0.2) is 71.8 Å². The van der Waals surface area contributed by atoms with E-state index < -0.39 is 0 Å². The first-order chi connectivity index (χ1) is 9.27. The highest BCUT2D eigenvalue weighted by molar-refractivity contribution is 5.78. The molecule has 0 aromatic carbocycles. The Labute approximate surface area is 121 Å². The average molecular weight is 284 g/mol. The van der Waals surface area contributed by atoms with Crippen LogP contribution in [0.3, 0.4) is 0 Å². The van der Waals surface area contributed by atoms with Gasteiger partial charge in [-0.1, -0.05) is 20.8 Å². The predicted octanol–water partition coefficient (Wildman–Crippen LogP) is 0.715. The molecule has 1 N–H and O–H groups in total. The van der Waals surface area contributed by atoms with E-state index in [-0.39, 0.29) is 29.6 Å². The summed E-state index contributed by atoms with van der Waals surface area (Å²) in [6.45, 7) is 12.4. The first-order valence-electron chi connectivity index (χ1n) is 7.62. The Morgan fingerprint density at radius 1 is 1.30 bits per heavy atom.